The molecule has 1 aromatic heterocycles. The summed E-state index contributed by atoms with van der Waals surface area (Å²) in [5, 5.41) is 5.44. The molecule has 8 heteroatoms. The Bertz CT molecular complexity index is 1030. The Hall–Kier alpha value is -3.16. The highest BCUT2D eigenvalue weighted by molar-refractivity contribution is 7.14. The highest BCUT2D eigenvalue weighted by Crippen LogP contribution is 2.26. The molecule has 29 heavy (non-hydrogen) atoms. The maximum Gasteiger partial charge on any atom is 0.331 e. The molecule has 0 atom stereocenters. The summed E-state index contributed by atoms with van der Waals surface area (Å²) >= 11 is 7.17. The van der Waals surface area contributed by atoms with Gasteiger partial charge in [0.15, 0.2) is 11.7 Å². The fourth-order valence-corrected chi connectivity index (χ4v) is 3.27. The van der Waals surface area contributed by atoms with E-state index in [1.54, 1.807) is 37.5 Å². The van der Waals surface area contributed by atoms with Crippen molar-refractivity contribution in [2.75, 3.05) is 19.0 Å². The van der Waals surface area contributed by atoms with Crippen LogP contribution in [0.4, 0.5) is 5.13 Å². The predicted octanol–water partition coefficient (Wildman–Crippen LogP) is 4.67. The number of rotatable bonds is 7. The van der Waals surface area contributed by atoms with Crippen LogP contribution in [0, 0.1) is 0 Å². The average molecular weight is 429 g/mol. The number of ether oxygens (including phenoxy) is 2. The van der Waals surface area contributed by atoms with Gasteiger partial charge in [-0.15, -0.1) is 11.3 Å². The van der Waals surface area contributed by atoms with Crippen molar-refractivity contribution in [2.45, 2.75) is 0 Å². The molecule has 0 saturated carbocycles. The first-order valence-electron chi connectivity index (χ1n) is 8.54. The van der Waals surface area contributed by atoms with E-state index < -0.39 is 18.5 Å². The van der Waals surface area contributed by atoms with Crippen LogP contribution in [-0.4, -0.2) is 30.6 Å². The van der Waals surface area contributed by atoms with E-state index in [1.807, 2.05) is 29.6 Å². The Labute approximate surface area is 176 Å². The Morgan fingerprint density at radius 3 is 2.72 bits per heavy atom. The van der Waals surface area contributed by atoms with E-state index in [1.165, 1.54) is 17.4 Å². The van der Waals surface area contributed by atoms with Crippen molar-refractivity contribution in [3.05, 3.63) is 70.6 Å². The van der Waals surface area contributed by atoms with Crippen molar-refractivity contribution in [2.24, 2.45) is 0 Å². The molecule has 0 aliphatic carbocycles. The van der Waals surface area contributed by atoms with Gasteiger partial charge in [-0.05, 0) is 48.0 Å². The number of aromatic nitrogens is 1. The van der Waals surface area contributed by atoms with Crippen LogP contribution in [0.3, 0.4) is 0 Å². The van der Waals surface area contributed by atoms with Gasteiger partial charge in [-0.1, -0.05) is 23.7 Å². The molecule has 3 rings (SSSR count). The lowest BCUT2D eigenvalue weighted by Gasteiger charge is -2.02. The zero-order valence-corrected chi connectivity index (χ0v) is 17.0. The largest absolute Gasteiger partial charge is 0.497 e. The van der Waals surface area contributed by atoms with Gasteiger partial charge < -0.3 is 9.47 Å². The topological polar surface area (TPSA) is 77.5 Å². The van der Waals surface area contributed by atoms with Gasteiger partial charge in [0.05, 0.1) is 12.8 Å². The predicted molar refractivity (Wildman–Crippen MR) is 114 cm³/mol. The van der Waals surface area contributed by atoms with Crippen LogP contribution in [0.5, 0.6) is 5.75 Å². The van der Waals surface area contributed by atoms with Crippen LogP contribution >= 0.6 is 22.9 Å². The van der Waals surface area contributed by atoms with Gasteiger partial charge in [-0.25, -0.2) is 9.78 Å². The van der Waals surface area contributed by atoms with E-state index in [-0.39, 0.29) is 0 Å². The Morgan fingerprint density at radius 2 is 2.00 bits per heavy atom. The lowest BCUT2D eigenvalue weighted by Crippen LogP contribution is -2.20. The second-order valence-corrected chi connectivity index (χ2v) is 7.11. The number of nitrogens with zero attached hydrogens (tertiary/aromatic N) is 1. The van der Waals surface area contributed by atoms with Crippen molar-refractivity contribution in [1.29, 1.82) is 0 Å². The zero-order valence-electron chi connectivity index (χ0n) is 15.4. The molecule has 0 radical (unpaired) electrons. The molecule has 1 amide bonds. The summed E-state index contributed by atoms with van der Waals surface area (Å²) in [6, 6.07) is 14.5. The number of hydrogen-bond donors (Lipinski definition) is 1. The fraction of sp³-hybridized carbons (Fsp3) is 0.0952. The summed E-state index contributed by atoms with van der Waals surface area (Å²) in [6.07, 6.45) is 2.80. The summed E-state index contributed by atoms with van der Waals surface area (Å²) < 4.78 is 10.1. The van der Waals surface area contributed by atoms with Gasteiger partial charge in [0.25, 0.3) is 5.91 Å². The van der Waals surface area contributed by atoms with E-state index in [2.05, 4.69) is 10.3 Å². The molecule has 0 saturated heterocycles. The average Bonchev–Trinajstić information content (AvgIpc) is 3.19. The Kier molecular flexibility index (Phi) is 6.99. The summed E-state index contributed by atoms with van der Waals surface area (Å²) in [7, 11) is 1.60. The van der Waals surface area contributed by atoms with E-state index in [0.29, 0.717) is 10.2 Å². The van der Waals surface area contributed by atoms with E-state index in [4.69, 9.17) is 21.1 Å². The van der Waals surface area contributed by atoms with Crippen LogP contribution in [-0.2, 0) is 14.3 Å². The number of methoxy groups -OCH3 is 1. The third-order valence-electron chi connectivity index (χ3n) is 3.74. The number of amides is 1. The summed E-state index contributed by atoms with van der Waals surface area (Å²) in [5.41, 5.74) is 2.39. The molecule has 148 valence electrons. The van der Waals surface area contributed by atoms with Gasteiger partial charge in [0.1, 0.15) is 5.75 Å². The minimum Gasteiger partial charge on any atom is -0.497 e. The second kappa shape index (κ2) is 9.86. The molecule has 2 aromatic carbocycles. The molecule has 0 bridgehead atoms. The Morgan fingerprint density at radius 1 is 1.21 bits per heavy atom. The van der Waals surface area contributed by atoms with Crippen molar-refractivity contribution in [3.63, 3.8) is 0 Å². The van der Waals surface area contributed by atoms with Crippen molar-refractivity contribution < 1.29 is 19.1 Å². The summed E-state index contributed by atoms with van der Waals surface area (Å²) in [5.74, 6) is -0.341. The summed E-state index contributed by atoms with van der Waals surface area (Å²) in [6.45, 7) is -0.407. The van der Waals surface area contributed by atoms with E-state index in [0.717, 1.165) is 22.6 Å². The first kappa shape index (κ1) is 20.6. The molecule has 1 N–H and O–H groups in total. The standard InChI is InChI=1S/C21H17ClN2O4S/c1-27-17-8-6-15(7-9-17)18-13-29-21(23-18)24-19(25)12-28-20(26)10-5-14-3-2-4-16(22)11-14/h2-11,13H,12H2,1H3,(H,23,24,25). The van der Waals surface area contributed by atoms with Crippen molar-refractivity contribution in [1.82, 2.24) is 4.98 Å². The van der Waals surface area contributed by atoms with Crippen LogP contribution in [0.25, 0.3) is 17.3 Å². The molecule has 0 spiro atoms. The smallest absolute Gasteiger partial charge is 0.331 e. The SMILES string of the molecule is COc1ccc(-c2csc(NC(=O)COC(=O)C=Cc3cccc(Cl)c3)n2)cc1. The number of halogens is 1. The molecule has 1 heterocycles. The quantitative estimate of drug-likeness (QED) is 0.437. The molecular weight excluding hydrogens is 412 g/mol. The molecule has 0 fully saturated rings. The number of anilines is 1. The molecule has 0 aliphatic heterocycles. The highest BCUT2D eigenvalue weighted by Gasteiger charge is 2.10. The minimum absolute atomic E-state index is 0.407. The number of carbonyl (C=O) groups is 2. The third kappa shape index (κ3) is 6.17. The first-order chi connectivity index (χ1) is 14.0. The van der Waals surface area contributed by atoms with Gasteiger partial charge >= 0.3 is 5.97 Å². The summed E-state index contributed by atoms with van der Waals surface area (Å²) in [4.78, 5) is 28.1. The first-order valence-corrected chi connectivity index (χ1v) is 9.79. The molecule has 6 nitrogen and oxygen atoms in total. The van der Waals surface area contributed by atoms with Crippen LogP contribution < -0.4 is 10.1 Å². The number of thiazole rings is 1. The van der Waals surface area contributed by atoms with Gasteiger partial charge in [-0.3, -0.25) is 10.1 Å². The van der Waals surface area contributed by atoms with Crippen LogP contribution in [0.2, 0.25) is 5.02 Å². The van der Waals surface area contributed by atoms with Crippen molar-refractivity contribution >= 4 is 46.0 Å². The number of benzene rings is 2. The van der Waals surface area contributed by atoms with Crippen LogP contribution in [0.1, 0.15) is 5.56 Å². The molecule has 3 aromatic rings. The third-order valence-corrected chi connectivity index (χ3v) is 4.74. The van der Waals surface area contributed by atoms with Gasteiger partial charge in [0, 0.05) is 22.0 Å². The maximum atomic E-state index is 12.0. The van der Waals surface area contributed by atoms with Crippen LogP contribution in [0.15, 0.2) is 60.0 Å². The number of hydrogen-bond acceptors (Lipinski definition) is 6. The monoisotopic (exact) mass is 428 g/mol. The molecule has 0 unspecified atom stereocenters. The van der Waals surface area contributed by atoms with Gasteiger partial charge in [0.2, 0.25) is 0 Å². The maximum absolute atomic E-state index is 12.0. The molecular formula is C21H17ClN2O4S. The minimum atomic E-state index is -0.627. The second-order valence-electron chi connectivity index (χ2n) is 5.81. The van der Waals surface area contributed by atoms with Crippen molar-refractivity contribution in [3.8, 4) is 17.0 Å². The normalized spacial score (nSPS) is 10.7. The number of nitrogens with one attached hydrogen (secondary N) is 1. The fourth-order valence-electron chi connectivity index (χ4n) is 2.34. The number of carbonyl (C=O) groups excluding carboxylic acids is 2. The highest BCUT2D eigenvalue weighted by atomic mass is 35.5. The zero-order chi connectivity index (χ0) is 20.6. The van der Waals surface area contributed by atoms with Gasteiger partial charge in [-0.2, -0.15) is 0 Å². The number of esters is 1. The van der Waals surface area contributed by atoms with E-state index in [9.17, 15) is 9.59 Å². The van der Waals surface area contributed by atoms with E-state index >= 15 is 0 Å². The lowest BCUT2D eigenvalue weighted by atomic mass is 10.2. The lowest BCUT2D eigenvalue weighted by molar-refractivity contribution is -0.142. The Balaban J connectivity index is 1.49. The molecule has 0 aliphatic rings.